The molecular weight excluding hydrogens is 262 g/mol. The summed E-state index contributed by atoms with van der Waals surface area (Å²) in [6.07, 6.45) is 3.60. The van der Waals surface area contributed by atoms with E-state index in [0.29, 0.717) is 16.9 Å². The molecule has 2 rings (SSSR count). The maximum Gasteiger partial charge on any atom is 0.336 e. The normalized spacial score (nSPS) is 12.3. The molecule has 0 aliphatic rings. The molecule has 1 aromatic carbocycles. The number of rotatable bonds is 5. The van der Waals surface area contributed by atoms with Crippen molar-refractivity contribution in [1.82, 2.24) is 9.97 Å². The van der Waals surface area contributed by atoms with Crippen molar-refractivity contribution in [2.45, 2.75) is 13.0 Å². The first-order valence-corrected chi connectivity index (χ1v) is 7.25. The van der Waals surface area contributed by atoms with Crippen LogP contribution in [0.4, 0.5) is 5.95 Å². The molecule has 0 saturated carbocycles. The van der Waals surface area contributed by atoms with Gasteiger partial charge in [-0.2, -0.15) is 11.8 Å². The number of carboxylic acid groups (broad SMARTS) is 1. The van der Waals surface area contributed by atoms with Gasteiger partial charge in [-0.15, -0.1) is 0 Å². The van der Waals surface area contributed by atoms with Crippen LogP contribution in [0.1, 0.15) is 17.3 Å². The standard InChI is InChI=1S/C13H15N3O2S/c1-8(7-19-2)15-13-14-6-10-9(12(17)18)4-3-5-11(10)16-13/h3-6,8H,7H2,1-2H3,(H,17,18)(H,14,15,16). The Morgan fingerprint density at radius 2 is 2.32 bits per heavy atom. The van der Waals surface area contributed by atoms with E-state index in [9.17, 15) is 4.79 Å². The van der Waals surface area contributed by atoms with Crippen LogP contribution in [-0.2, 0) is 0 Å². The minimum atomic E-state index is -0.967. The first-order chi connectivity index (χ1) is 9.11. The van der Waals surface area contributed by atoms with Crippen LogP contribution in [0.5, 0.6) is 0 Å². The Morgan fingerprint density at radius 1 is 1.53 bits per heavy atom. The molecule has 0 saturated heterocycles. The lowest BCUT2D eigenvalue weighted by atomic mass is 10.1. The van der Waals surface area contributed by atoms with E-state index in [2.05, 4.69) is 22.2 Å². The van der Waals surface area contributed by atoms with E-state index >= 15 is 0 Å². The summed E-state index contributed by atoms with van der Waals surface area (Å²) in [5.74, 6) is 0.513. The predicted octanol–water partition coefficient (Wildman–Crippen LogP) is 2.49. The Labute approximate surface area is 115 Å². The Hall–Kier alpha value is -1.82. The van der Waals surface area contributed by atoms with Crippen LogP contribution < -0.4 is 5.32 Å². The molecule has 0 fully saturated rings. The Kier molecular flexibility index (Phi) is 4.21. The minimum absolute atomic E-state index is 0.223. The van der Waals surface area contributed by atoms with Gasteiger partial charge in [-0.25, -0.2) is 14.8 Å². The molecule has 19 heavy (non-hydrogen) atoms. The van der Waals surface area contributed by atoms with Gasteiger partial charge in [0.2, 0.25) is 5.95 Å². The SMILES string of the molecule is CSCC(C)Nc1ncc2c(C(=O)O)cccc2n1. The molecule has 1 heterocycles. The van der Waals surface area contributed by atoms with Crippen LogP contribution in [-0.4, -0.2) is 39.1 Å². The zero-order valence-electron chi connectivity index (χ0n) is 10.8. The van der Waals surface area contributed by atoms with Gasteiger partial charge in [0.25, 0.3) is 0 Å². The fourth-order valence-electron chi connectivity index (χ4n) is 1.82. The molecule has 2 N–H and O–H groups in total. The van der Waals surface area contributed by atoms with E-state index in [1.807, 2.05) is 6.26 Å². The zero-order chi connectivity index (χ0) is 13.8. The molecule has 0 aliphatic heterocycles. The number of carboxylic acids is 1. The quantitative estimate of drug-likeness (QED) is 0.874. The van der Waals surface area contributed by atoms with Gasteiger partial charge >= 0.3 is 5.97 Å². The van der Waals surface area contributed by atoms with Gasteiger partial charge < -0.3 is 10.4 Å². The summed E-state index contributed by atoms with van der Waals surface area (Å²) in [5.41, 5.74) is 0.856. The van der Waals surface area contributed by atoms with Gasteiger partial charge in [-0.05, 0) is 25.3 Å². The average molecular weight is 277 g/mol. The van der Waals surface area contributed by atoms with E-state index < -0.39 is 5.97 Å². The van der Waals surface area contributed by atoms with Gasteiger partial charge in [0.05, 0.1) is 11.1 Å². The summed E-state index contributed by atoms with van der Waals surface area (Å²) >= 11 is 1.74. The minimum Gasteiger partial charge on any atom is -0.478 e. The third-order valence-electron chi connectivity index (χ3n) is 2.65. The van der Waals surface area contributed by atoms with Gasteiger partial charge in [0.1, 0.15) is 0 Å². The van der Waals surface area contributed by atoms with Crippen molar-refractivity contribution in [2.24, 2.45) is 0 Å². The highest BCUT2D eigenvalue weighted by atomic mass is 32.2. The van der Waals surface area contributed by atoms with E-state index in [1.165, 1.54) is 0 Å². The zero-order valence-corrected chi connectivity index (χ0v) is 11.6. The number of hydrogen-bond donors (Lipinski definition) is 2. The largest absolute Gasteiger partial charge is 0.478 e. The van der Waals surface area contributed by atoms with E-state index in [-0.39, 0.29) is 11.6 Å². The monoisotopic (exact) mass is 277 g/mol. The molecule has 0 radical (unpaired) electrons. The molecule has 1 unspecified atom stereocenters. The molecule has 6 heteroatoms. The third-order valence-corrected chi connectivity index (χ3v) is 3.48. The summed E-state index contributed by atoms with van der Waals surface area (Å²) in [6, 6.07) is 5.29. The highest BCUT2D eigenvalue weighted by Gasteiger charge is 2.10. The highest BCUT2D eigenvalue weighted by molar-refractivity contribution is 7.98. The fourth-order valence-corrected chi connectivity index (χ4v) is 2.41. The lowest BCUT2D eigenvalue weighted by molar-refractivity contribution is 0.0699. The van der Waals surface area contributed by atoms with Crippen LogP contribution in [0, 0.1) is 0 Å². The number of thioether (sulfide) groups is 1. The number of aromatic nitrogens is 2. The van der Waals surface area contributed by atoms with E-state index in [0.717, 1.165) is 5.75 Å². The summed E-state index contributed by atoms with van der Waals surface area (Å²) < 4.78 is 0. The van der Waals surface area contributed by atoms with Gasteiger partial charge in [0, 0.05) is 23.4 Å². The van der Waals surface area contributed by atoms with Crippen LogP contribution in [0.3, 0.4) is 0 Å². The smallest absolute Gasteiger partial charge is 0.336 e. The van der Waals surface area contributed by atoms with Crippen molar-refractivity contribution >= 4 is 34.6 Å². The number of carbonyl (C=O) groups is 1. The van der Waals surface area contributed by atoms with Crippen LogP contribution >= 0.6 is 11.8 Å². The molecular formula is C13H15N3O2S. The van der Waals surface area contributed by atoms with Gasteiger partial charge in [-0.3, -0.25) is 0 Å². The van der Waals surface area contributed by atoms with Gasteiger partial charge in [-0.1, -0.05) is 6.07 Å². The van der Waals surface area contributed by atoms with Crippen molar-refractivity contribution in [1.29, 1.82) is 0 Å². The Bertz CT molecular complexity index is 603. The topological polar surface area (TPSA) is 75.1 Å². The van der Waals surface area contributed by atoms with E-state index in [4.69, 9.17) is 5.11 Å². The average Bonchev–Trinajstić information content (AvgIpc) is 2.37. The van der Waals surface area contributed by atoms with Crippen molar-refractivity contribution in [3.63, 3.8) is 0 Å². The van der Waals surface area contributed by atoms with Gasteiger partial charge in [0.15, 0.2) is 0 Å². The predicted molar refractivity (Wildman–Crippen MR) is 78.0 cm³/mol. The molecule has 0 bridgehead atoms. The van der Waals surface area contributed by atoms with Crippen LogP contribution in [0.15, 0.2) is 24.4 Å². The number of hydrogen-bond acceptors (Lipinski definition) is 5. The molecule has 0 spiro atoms. The maximum absolute atomic E-state index is 11.1. The van der Waals surface area contributed by atoms with Crippen molar-refractivity contribution in [3.05, 3.63) is 30.0 Å². The Balaban J connectivity index is 2.34. The summed E-state index contributed by atoms with van der Waals surface area (Å²) in [6.45, 7) is 2.05. The lowest BCUT2D eigenvalue weighted by Crippen LogP contribution is -2.19. The maximum atomic E-state index is 11.1. The molecule has 1 aromatic heterocycles. The second-order valence-electron chi connectivity index (χ2n) is 4.24. The first-order valence-electron chi connectivity index (χ1n) is 5.86. The molecule has 5 nitrogen and oxygen atoms in total. The summed E-state index contributed by atoms with van der Waals surface area (Å²) in [7, 11) is 0. The van der Waals surface area contributed by atoms with Crippen molar-refractivity contribution in [2.75, 3.05) is 17.3 Å². The lowest BCUT2D eigenvalue weighted by Gasteiger charge is -2.12. The summed E-state index contributed by atoms with van der Waals surface area (Å²) in [5, 5.41) is 12.8. The second kappa shape index (κ2) is 5.88. The van der Waals surface area contributed by atoms with Crippen LogP contribution in [0.2, 0.25) is 0 Å². The van der Waals surface area contributed by atoms with E-state index in [1.54, 1.807) is 36.2 Å². The summed E-state index contributed by atoms with van der Waals surface area (Å²) in [4.78, 5) is 19.6. The molecule has 0 amide bonds. The number of nitrogens with one attached hydrogen (secondary N) is 1. The molecule has 100 valence electrons. The first kappa shape index (κ1) is 13.6. The number of nitrogens with zero attached hydrogens (tertiary/aromatic N) is 2. The molecule has 1 atom stereocenters. The number of benzene rings is 1. The molecule has 2 aromatic rings. The van der Waals surface area contributed by atoms with Crippen molar-refractivity contribution < 1.29 is 9.90 Å². The van der Waals surface area contributed by atoms with Crippen LogP contribution in [0.25, 0.3) is 10.9 Å². The highest BCUT2D eigenvalue weighted by Crippen LogP contribution is 2.18. The number of aromatic carboxylic acids is 1. The number of anilines is 1. The van der Waals surface area contributed by atoms with Crippen molar-refractivity contribution in [3.8, 4) is 0 Å². The number of fused-ring (bicyclic) bond motifs is 1. The fraction of sp³-hybridized carbons (Fsp3) is 0.308. The Morgan fingerprint density at radius 3 is 3.00 bits per heavy atom. The second-order valence-corrected chi connectivity index (χ2v) is 5.15. The molecule has 0 aliphatic carbocycles. The third kappa shape index (κ3) is 3.14.